The molecule has 0 saturated carbocycles. The number of carbonyl (C=O) groups is 2. The van der Waals surface area contributed by atoms with Crippen LogP contribution in [0.1, 0.15) is 27.2 Å². The van der Waals surface area contributed by atoms with Crippen molar-refractivity contribution in [3.63, 3.8) is 0 Å². The Morgan fingerprint density at radius 1 is 1.42 bits per heavy atom. The maximum absolute atomic E-state index is 10.8. The number of hydrogen-bond acceptors (Lipinski definition) is 3. The molecule has 3 nitrogen and oxygen atoms in total. The molecule has 0 spiro atoms. The molecule has 0 aromatic carbocycles. The van der Waals surface area contributed by atoms with Crippen molar-refractivity contribution in [1.29, 1.82) is 0 Å². The summed E-state index contributed by atoms with van der Waals surface area (Å²) < 4.78 is 4.62. The highest BCUT2D eigenvalue weighted by Crippen LogP contribution is 1.89. The van der Waals surface area contributed by atoms with E-state index in [-0.39, 0.29) is 6.10 Å². The minimum atomic E-state index is -0.869. The van der Waals surface area contributed by atoms with Crippen LogP contribution in [0.5, 0.6) is 0 Å². The van der Waals surface area contributed by atoms with Gasteiger partial charge in [0, 0.05) is 6.42 Å². The van der Waals surface area contributed by atoms with Crippen LogP contribution in [0.15, 0.2) is 0 Å². The summed E-state index contributed by atoms with van der Waals surface area (Å²) in [5.74, 6) is 3.03. The predicted molar refractivity (Wildman–Crippen MR) is 44.3 cm³/mol. The predicted octanol–water partition coefficient (Wildman–Crippen LogP) is 0.920. The Morgan fingerprint density at radius 2 is 2.00 bits per heavy atom. The van der Waals surface area contributed by atoms with E-state index >= 15 is 0 Å². The Hall–Kier alpha value is -1.30. The summed E-state index contributed by atoms with van der Waals surface area (Å²) >= 11 is 0. The molecule has 0 amide bonds. The van der Waals surface area contributed by atoms with Crippen molar-refractivity contribution in [2.75, 3.05) is 0 Å². The zero-order chi connectivity index (χ0) is 9.56. The van der Waals surface area contributed by atoms with Crippen molar-refractivity contribution in [3.8, 4) is 11.8 Å². The van der Waals surface area contributed by atoms with Gasteiger partial charge in [0.15, 0.2) is 0 Å². The van der Waals surface area contributed by atoms with Crippen LogP contribution in [0.2, 0.25) is 0 Å². The van der Waals surface area contributed by atoms with E-state index in [0.717, 1.165) is 0 Å². The Labute approximate surface area is 72.1 Å². The summed E-state index contributed by atoms with van der Waals surface area (Å²) in [6.45, 7) is 5.16. The first kappa shape index (κ1) is 10.7. The number of Topliss-reactive ketones (excluding diaryl/α,β-unsaturated/α-hetero) is 1. The number of rotatable bonds is 2. The van der Waals surface area contributed by atoms with Crippen molar-refractivity contribution in [2.24, 2.45) is 0 Å². The largest absolute Gasteiger partial charge is 0.456 e. The Bertz CT molecular complexity index is 230. The van der Waals surface area contributed by atoms with Crippen LogP contribution in [0.4, 0.5) is 0 Å². The smallest absolute Gasteiger partial charge is 0.388 e. The summed E-state index contributed by atoms with van der Waals surface area (Å²) in [7, 11) is 0. The van der Waals surface area contributed by atoms with Crippen LogP contribution in [-0.4, -0.2) is 17.9 Å². The second kappa shape index (κ2) is 5.36. The van der Waals surface area contributed by atoms with E-state index in [2.05, 4.69) is 16.6 Å². The lowest BCUT2D eigenvalue weighted by Gasteiger charge is -2.03. The van der Waals surface area contributed by atoms with Gasteiger partial charge in [-0.1, -0.05) is 12.8 Å². The molecular weight excluding hydrogens is 156 g/mol. The third-order valence-electron chi connectivity index (χ3n) is 0.907. The van der Waals surface area contributed by atoms with E-state index in [1.165, 1.54) is 0 Å². The summed E-state index contributed by atoms with van der Waals surface area (Å²) in [5, 5.41) is 0. The third kappa shape index (κ3) is 4.51. The summed E-state index contributed by atoms with van der Waals surface area (Å²) in [5.41, 5.74) is 0. The fraction of sp³-hybridized carbons (Fsp3) is 0.556. The van der Waals surface area contributed by atoms with Crippen LogP contribution < -0.4 is 0 Å². The molecule has 0 aromatic heterocycles. The highest BCUT2D eigenvalue weighted by Gasteiger charge is 2.13. The normalized spacial score (nSPS) is 8.67. The molecule has 0 heterocycles. The monoisotopic (exact) mass is 168 g/mol. The maximum atomic E-state index is 10.8. The fourth-order valence-electron chi connectivity index (χ4n) is 0.487. The summed E-state index contributed by atoms with van der Waals surface area (Å²) in [6, 6.07) is 0. The zero-order valence-electron chi connectivity index (χ0n) is 7.51. The van der Waals surface area contributed by atoms with Crippen molar-refractivity contribution in [3.05, 3.63) is 0 Å². The lowest BCUT2D eigenvalue weighted by Crippen LogP contribution is -2.19. The van der Waals surface area contributed by atoms with Crippen LogP contribution in [-0.2, 0) is 14.3 Å². The van der Waals surface area contributed by atoms with Gasteiger partial charge in [0.25, 0.3) is 0 Å². The Balaban J connectivity index is 4.03. The number of hydrogen-bond donors (Lipinski definition) is 0. The second-order valence-electron chi connectivity index (χ2n) is 2.44. The molecule has 0 N–H and O–H groups in total. The number of carbonyl (C=O) groups excluding carboxylic acids is 2. The molecule has 0 bridgehead atoms. The van der Waals surface area contributed by atoms with Gasteiger partial charge in [-0.3, -0.25) is 4.79 Å². The first-order valence-corrected chi connectivity index (χ1v) is 3.81. The lowest BCUT2D eigenvalue weighted by molar-refractivity contribution is -0.154. The molecule has 0 fully saturated rings. The van der Waals surface area contributed by atoms with Gasteiger partial charge in [0.2, 0.25) is 0 Å². The van der Waals surface area contributed by atoms with E-state index in [1.54, 1.807) is 20.8 Å². The molecule has 0 atom stereocenters. The third-order valence-corrected chi connectivity index (χ3v) is 0.907. The standard InChI is InChI=1S/C9H12O3/c1-4-5-6-8(10)9(11)12-7(2)3/h7H,4H2,1-3H3. The first-order chi connectivity index (χ1) is 5.57. The molecule has 3 heteroatoms. The zero-order valence-corrected chi connectivity index (χ0v) is 7.51. The summed E-state index contributed by atoms with van der Waals surface area (Å²) in [4.78, 5) is 21.6. The minimum absolute atomic E-state index is 0.273. The molecule has 0 radical (unpaired) electrons. The topological polar surface area (TPSA) is 43.4 Å². The van der Waals surface area contributed by atoms with E-state index in [0.29, 0.717) is 6.42 Å². The van der Waals surface area contributed by atoms with E-state index in [1.807, 2.05) is 0 Å². The average molecular weight is 168 g/mol. The molecule has 66 valence electrons. The molecule has 0 aliphatic heterocycles. The van der Waals surface area contributed by atoms with Gasteiger partial charge in [0.05, 0.1) is 6.10 Å². The minimum Gasteiger partial charge on any atom is -0.456 e. The second-order valence-corrected chi connectivity index (χ2v) is 2.44. The van der Waals surface area contributed by atoms with Gasteiger partial charge in [-0.15, -0.1) is 0 Å². The lowest BCUT2D eigenvalue weighted by atomic mass is 10.3. The maximum Gasteiger partial charge on any atom is 0.388 e. The van der Waals surface area contributed by atoms with Crippen molar-refractivity contribution in [1.82, 2.24) is 0 Å². The Kier molecular flexibility index (Phi) is 4.78. The molecular formula is C9H12O3. The SMILES string of the molecule is CCC#CC(=O)C(=O)OC(C)C. The Morgan fingerprint density at radius 3 is 2.42 bits per heavy atom. The van der Waals surface area contributed by atoms with E-state index < -0.39 is 11.8 Å². The first-order valence-electron chi connectivity index (χ1n) is 3.81. The number of esters is 1. The number of ketones is 1. The molecule has 0 rings (SSSR count). The van der Waals surface area contributed by atoms with Crippen LogP contribution in [0, 0.1) is 11.8 Å². The highest BCUT2D eigenvalue weighted by atomic mass is 16.5. The van der Waals surface area contributed by atoms with Gasteiger partial charge in [-0.05, 0) is 19.8 Å². The average Bonchev–Trinajstić information content (AvgIpc) is 1.98. The van der Waals surface area contributed by atoms with E-state index in [4.69, 9.17) is 0 Å². The van der Waals surface area contributed by atoms with E-state index in [9.17, 15) is 9.59 Å². The van der Waals surface area contributed by atoms with Gasteiger partial charge < -0.3 is 4.74 Å². The molecule has 12 heavy (non-hydrogen) atoms. The highest BCUT2D eigenvalue weighted by molar-refractivity contribution is 6.40. The van der Waals surface area contributed by atoms with Crippen molar-refractivity contribution in [2.45, 2.75) is 33.3 Å². The van der Waals surface area contributed by atoms with Crippen molar-refractivity contribution >= 4 is 11.8 Å². The van der Waals surface area contributed by atoms with Gasteiger partial charge in [-0.2, -0.15) is 0 Å². The van der Waals surface area contributed by atoms with Crippen LogP contribution in [0.25, 0.3) is 0 Å². The van der Waals surface area contributed by atoms with Gasteiger partial charge in [-0.25, -0.2) is 4.79 Å². The quantitative estimate of drug-likeness (QED) is 0.266. The number of ether oxygens (including phenoxy) is 1. The molecule has 0 aliphatic carbocycles. The molecule has 0 aromatic rings. The van der Waals surface area contributed by atoms with Gasteiger partial charge in [0.1, 0.15) is 0 Å². The van der Waals surface area contributed by atoms with Crippen molar-refractivity contribution < 1.29 is 14.3 Å². The van der Waals surface area contributed by atoms with Crippen LogP contribution in [0.3, 0.4) is 0 Å². The fourth-order valence-corrected chi connectivity index (χ4v) is 0.487. The van der Waals surface area contributed by atoms with Crippen LogP contribution >= 0.6 is 0 Å². The molecule has 0 saturated heterocycles. The molecule has 0 unspecified atom stereocenters. The molecule has 0 aliphatic rings. The summed E-state index contributed by atoms with van der Waals surface area (Å²) in [6.07, 6.45) is 0.283. The van der Waals surface area contributed by atoms with Gasteiger partial charge >= 0.3 is 11.8 Å².